The predicted octanol–water partition coefficient (Wildman–Crippen LogP) is 4.94. The molecule has 0 aliphatic heterocycles. The Morgan fingerprint density at radius 3 is 2.43 bits per heavy atom. The number of benzene rings is 3. The van der Waals surface area contributed by atoms with Crippen LogP contribution in [0.2, 0.25) is 0 Å². The minimum Gasteiger partial charge on any atom is -0.496 e. The zero-order chi connectivity index (χ0) is 20.8. The summed E-state index contributed by atoms with van der Waals surface area (Å²) in [4.78, 5) is 0. The fourth-order valence-corrected chi connectivity index (χ4v) is 3.34. The van der Waals surface area contributed by atoms with Crippen molar-refractivity contribution in [2.24, 2.45) is 0 Å². The van der Waals surface area contributed by atoms with Crippen LogP contribution >= 0.6 is 12.2 Å². The van der Waals surface area contributed by atoms with Gasteiger partial charge in [0.2, 0.25) is 4.77 Å². The topological polar surface area (TPSA) is 64.1 Å². The minimum absolute atomic E-state index is 0.471. The van der Waals surface area contributed by atoms with E-state index in [2.05, 4.69) is 15.6 Å². The van der Waals surface area contributed by atoms with Crippen LogP contribution in [0.3, 0.4) is 0 Å². The molecule has 1 heterocycles. The number of methoxy groups -OCH3 is 1. The van der Waals surface area contributed by atoms with E-state index < -0.39 is 0 Å². The van der Waals surface area contributed by atoms with Crippen molar-refractivity contribution in [1.29, 1.82) is 0 Å². The van der Waals surface area contributed by atoms with Gasteiger partial charge < -0.3 is 14.9 Å². The van der Waals surface area contributed by atoms with Gasteiger partial charge in [0.25, 0.3) is 0 Å². The average Bonchev–Trinajstić information content (AvgIpc) is 3.17. The van der Waals surface area contributed by atoms with Gasteiger partial charge in [-0.1, -0.05) is 60.7 Å². The zero-order valence-corrected chi connectivity index (χ0v) is 17.4. The number of aromatic amines is 1. The summed E-state index contributed by atoms with van der Waals surface area (Å²) in [5, 5.41) is 7.23. The molecule has 0 aliphatic carbocycles. The standard InChI is InChI=1S/C23H22N4O2S/c1-28-21-14-8-6-12-19(21)22-25-26-23(30)27(22)24-15-18-11-5-7-13-20(18)29-16-17-9-3-2-4-10-17/h2-14,24H,15-16H2,1H3,(H,26,30). The van der Waals surface area contributed by atoms with E-state index in [1.165, 1.54) is 0 Å². The van der Waals surface area contributed by atoms with Gasteiger partial charge in [-0.2, -0.15) is 5.10 Å². The zero-order valence-electron chi connectivity index (χ0n) is 16.5. The van der Waals surface area contributed by atoms with E-state index in [1.807, 2.05) is 78.9 Å². The second-order valence-corrected chi connectivity index (χ2v) is 6.99. The molecule has 0 saturated carbocycles. The lowest BCUT2D eigenvalue weighted by atomic mass is 10.2. The first-order valence-corrected chi connectivity index (χ1v) is 9.96. The largest absolute Gasteiger partial charge is 0.496 e. The number of nitrogens with one attached hydrogen (secondary N) is 2. The maximum atomic E-state index is 6.06. The molecule has 0 fully saturated rings. The molecular formula is C23H22N4O2S. The van der Waals surface area contributed by atoms with Crippen molar-refractivity contribution in [3.8, 4) is 22.9 Å². The van der Waals surface area contributed by atoms with Gasteiger partial charge in [-0.25, -0.2) is 9.77 Å². The normalized spacial score (nSPS) is 10.6. The molecule has 0 bridgehead atoms. The van der Waals surface area contributed by atoms with Crippen LogP contribution in [0.5, 0.6) is 11.5 Å². The van der Waals surface area contributed by atoms with Crippen LogP contribution in [0.4, 0.5) is 0 Å². The molecule has 0 amide bonds. The Labute approximate surface area is 180 Å². The van der Waals surface area contributed by atoms with Gasteiger partial charge >= 0.3 is 0 Å². The fourth-order valence-electron chi connectivity index (χ4n) is 3.14. The van der Waals surface area contributed by atoms with E-state index in [-0.39, 0.29) is 0 Å². The number of hydrogen-bond acceptors (Lipinski definition) is 5. The molecule has 0 unspecified atom stereocenters. The minimum atomic E-state index is 0.471. The van der Waals surface area contributed by atoms with Crippen LogP contribution in [-0.2, 0) is 13.2 Å². The third kappa shape index (κ3) is 4.36. The molecule has 4 rings (SSSR count). The Morgan fingerprint density at radius 1 is 0.933 bits per heavy atom. The molecule has 0 atom stereocenters. The third-order valence-corrected chi connectivity index (χ3v) is 4.93. The van der Waals surface area contributed by atoms with Crippen LogP contribution in [0, 0.1) is 4.77 Å². The van der Waals surface area contributed by atoms with Gasteiger partial charge in [-0.05, 0) is 36.0 Å². The number of para-hydroxylation sites is 2. The molecule has 7 heteroatoms. The van der Waals surface area contributed by atoms with Crippen LogP contribution in [0.1, 0.15) is 11.1 Å². The Morgan fingerprint density at radius 2 is 1.63 bits per heavy atom. The van der Waals surface area contributed by atoms with Crippen molar-refractivity contribution in [2.75, 3.05) is 12.5 Å². The molecule has 30 heavy (non-hydrogen) atoms. The highest BCUT2D eigenvalue weighted by molar-refractivity contribution is 7.71. The van der Waals surface area contributed by atoms with Crippen LogP contribution in [-0.4, -0.2) is 22.0 Å². The quantitative estimate of drug-likeness (QED) is 0.397. The summed E-state index contributed by atoms with van der Waals surface area (Å²) in [7, 11) is 1.64. The Kier molecular flexibility index (Phi) is 6.10. The number of aromatic nitrogens is 3. The second kappa shape index (κ2) is 9.28. The first-order chi connectivity index (χ1) is 14.8. The van der Waals surface area contributed by atoms with Crippen LogP contribution in [0.15, 0.2) is 78.9 Å². The van der Waals surface area contributed by atoms with Gasteiger partial charge in [-0.15, -0.1) is 0 Å². The Bertz CT molecular complexity index is 1170. The first-order valence-electron chi connectivity index (χ1n) is 9.55. The molecule has 2 N–H and O–H groups in total. The number of rotatable bonds is 8. The molecule has 0 spiro atoms. The summed E-state index contributed by atoms with van der Waals surface area (Å²) in [6, 6.07) is 25.7. The third-order valence-electron chi connectivity index (χ3n) is 4.66. The molecule has 6 nitrogen and oxygen atoms in total. The maximum absolute atomic E-state index is 6.06. The Hall–Kier alpha value is -3.58. The van der Waals surface area contributed by atoms with Crippen molar-refractivity contribution >= 4 is 12.2 Å². The van der Waals surface area contributed by atoms with E-state index in [4.69, 9.17) is 21.7 Å². The highest BCUT2D eigenvalue weighted by atomic mass is 32.1. The first kappa shape index (κ1) is 19.7. The maximum Gasteiger partial charge on any atom is 0.214 e. The molecule has 4 aromatic rings. The van der Waals surface area contributed by atoms with Gasteiger partial charge in [-0.3, -0.25) is 0 Å². The number of nitrogens with zero attached hydrogens (tertiary/aromatic N) is 2. The summed E-state index contributed by atoms with van der Waals surface area (Å²) < 4.78 is 13.7. The predicted molar refractivity (Wildman–Crippen MR) is 120 cm³/mol. The SMILES string of the molecule is COc1ccccc1-c1n[nH]c(=S)n1NCc1ccccc1OCc1ccccc1. The monoisotopic (exact) mass is 418 g/mol. The van der Waals surface area contributed by atoms with Crippen molar-refractivity contribution in [3.05, 3.63) is 94.8 Å². The fraction of sp³-hybridized carbons (Fsp3) is 0.130. The van der Waals surface area contributed by atoms with E-state index in [0.717, 1.165) is 28.2 Å². The molecule has 1 aromatic heterocycles. The summed E-state index contributed by atoms with van der Waals surface area (Å²) in [6.07, 6.45) is 0. The number of hydrogen-bond donors (Lipinski definition) is 2. The summed E-state index contributed by atoms with van der Waals surface area (Å²) in [5.74, 6) is 2.20. The summed E-state index contributed by atoms with van der Waals surface area (Å²) in [6.45, 7) is 1.02. The van der Waals surface area contributed by atoms with Crippen molar-refractivity contribution in [3.63, 3.8) is 0 Å². The van der Waals surface area contributed by atoms with Crippen LogP contribution in [0.25, 0.3) is 11.4 Å². The second-order valence-electron chi connectivity index (χ2n) is 6.60. The van der Waals surface area contributed by atoms with Crippen molar-refractivity contribution in [2.45, 2.75) is 13.2 Å². The van der Waals surface area contributed by atoms with Crippen LogP contribution < -0.4 is 14.9 Å². The number of H-pyrrole nitrogens is 1. The lowest BCUT2D eigenvalue weighted by molar-refractivity contribution is 0.303. The van der Waals surface area contributed by atoms with E-state index in [9.17, 15) is 0 Å². The highest BCUT2D eigenvalue weighted by Gasteiger charge is 2.14. The molecular weight excluding hydrogens is 396 g/mol. The molecule has 3 aromatic carbocycles. The number of ether oxygens (including phenoxy) is 2. The van der Waals surface area contributed by atoms with Gasteiger partial charge in [0.05, 0.1) is 19.2 Å². The van der Waals surface area contributed by atoms with E-state index >= 15 is 0 Å². The summed E-state index contributed by atoms with van der Waals surface area (Å²) >= 11 is 5.43. The van der Waals surface area contributed by atoms with Gasteiger partial charge in [0.1, 0.15) is 18.1 Å². The van der Waals surface area contributed by atoms with E-state index in [1.54, 1.807) is 11.8 Å². The van der Waals surface area contributed by atoms with Crippen molar-refractivity contribution in [1.82, 2.24) is 14.9 Å². The molecule has 152 valence electrons. The summed E-state index contributed by atoms with van der Waals surface area (Å²) in [5.41, 5.74) is 6.33. The smallest absolute Gasteiger partial charge is 0.214 e. The van der Waals surface area contributed by atoms with E-state index in [0.29, 0.717) is 23.7 Å². The lowest BCUT2D eigenvalue weighted by Crippen LogP contribution is -2.16. The highest BCUT2D eigenvalue weighted by Crippen LogP contribution is 2.28. The van der Waals surface area contributed by atoms with Crippen molar-refractivity contribution < 1.29 is 9.47 Å². The van der Waals surface area contributed by atoms with Gasteiger partial charge in [0, 0.05) is 5.56 Å². The lowest BCUT2D eigenvalue weighted by Gasteiger charge is -2.15. The molecule has 0 saturated heterocycles. The van der Waals surface area contributed by atoms with Gasteiger partial charge in [0.15, 0.2) is 5.82 Å². The molecule has 0 radical (unpaired) electrons. The molecule has 0 aliphatic rings. The average molecular weight is 419 g/mol. The Balaban J connectivity index is 1.54.